The van der Waals surface area contributed by atoms with Gasteiger partial charge in [0.15, 0.2) is 0 Å². The number of benzene rings is 1. The van der Waals surface area contributed by atoms with Crippen molar-refractivity contribution in [2.24, 2.45) is 0 Å². The highest BCUT2D eigenvalue weighted by Crippen LogP contribution is 2.21. The fourth-order valence-corrected chi connectivity index (χ4v) is 2.35. The Kier molecular flexibility index (Phi) is 6.07. The van der Waals surface area contributed by atoms with Crippen molar-refractivity contribution in [3.05, 3.63) is 53.0 Å². The normalized spacial score (nSPS) is 11.5. The van der Waals surface area contributed by atoms with Gasteiger partial charge in [0.05, 0.1) is 31.0 Å². The number of halogens is 1. The highest BCUT2D eigenvalue weighted by molar-refractivity contribution is 5.99. The second kappa shape index (κ2) is 8.26. The predicted molar refractivity (Wildman–Crippen MR) is 95.4 cm³/mol. The summed E-state index contributed by atoms with van der Waals surface area (Å²) in [5.74, 6) is -0.480. The number of amides is 2. The third-order valence-electron chi connectivity index (χ3n) is 3.67. The molecule has 0 fully saturated rings. The van der Waals surface area contributed by atoms with E-state index in [2.05, 4.69) is 15.6 Å². The fourth-order valence-electron chi connectivity index (χ4n) is 2.35. The summed E-state index contributed by atoms with van der Waals surface area (Å²) >= 11 is 0. The Morgan fingerprint density at radius 2 is 2.08 bits per heavy atom. The second-order valence-corrected chi connectivity index (χ2v) is 5.48. The van der Waals surface area contributed by atoms with Crippen LogP contribution in [0.1, 0.15) is 29.8 Å². The van der Waals surface area contributed by atoms with E-state index < -0.39 is 12.6 Å². The molecule has 0 bridgehead atoms. The molecule has 2 rings (SSSR count). The van der Waals surface area contributed by atoms with Crippen molar-refractivity contribution in [1.29, 1.82) is 5.41 Å². The lowest BCUT2D eigenvalue weighted by atomic mass is 10.1. The van der Waals surface area contributed by atoms with Crippen LogP contribution >= 0.6 is 0 Å². The SMILES string of the molecule is COC(=N)c1c(N)cc(NC(=O)N[C@H](C)c2ccc(F)cc2)nc1CO. The van der Waals surface area contributed by atoms with Crippen molar-refractivity contribution < 1.29 is 19.0 Å². The predicted octanol–water partition coefficient (Wildman–Crippen LogP) is 2.15. The van der Waals surface area contributed by atoms with Gasteiger partial charge in [0.1, 0.15) is 11.6 Å². The van der Waals surface area contributed by atoms with E-state index in [9.17, 15) is 14.3 Å². The number of aromatic nitrogens is 1. The van der Waals surface area contributed by atoms with Crippen molar-refractivity contribution in [3.63, 3.8) is 0 Å². The van der Waals surface area contributed by atoms with Crippen LogP contribution in [0.25, 0.3) is 0 Å². The molecule has 0 saturated heterocycles. The molecular weight excluding hydrogens is 341 g/mol. The number of pyridine rings is 1. The molecule has 6 N–H and O–H groups in total. The van der Waals surface area contributed by atoms with Gasteiger partial charge < -0.3 is 20.9 Å². The number of rotatable bonds is 5. The number of nitrogens with zero attached hydrogens (tertiary/aromatic N) is 1. The van der Waals surface area contributed by atoms with Gasteiger partial charge in [-0.25, -0.2) is 14.2 Å². The van der Waals surface area contributed by atoms with E-state index in [1.165, 1.54) is 25.3 Å². The molecule has 138 valence electrons. The summed E-state index contributed by atoms with van der Waals surface area (Å²) in [5, 5.41) is 22.3. The van der Waals surface area contributed by atoms with Gasteiger partial charge in [0, 0.05) is 11.8 Å². The van der Waals surface area contributed by atoms with Crippen LogP contribution in [0.5, 0.6) is 0 Å². The second-order valence-electron chi connectivity index (χ2n) is 5.48. The van der Waals surface area contributed by atoms with Crippen LogP contribution in [-0.2, 0) is 11.3 Å². The molecule has 2 aromatic rings. The van der Waals surface area contributed by atoms with Crippen molar-refractivity contribution in [2.75, 3.05) is 18.2 Å². The zero-order valence-corrected chi connectivity index (χ0v) is 14.3. The molecule has 1 heterocycles. The van der Waals surface area contributed by atoms with E-state index >= 15 is 0 Å². The number of aliphatic hydroxyl groups excluding tert-OH is 1. The summed E-state index contributed by atoms with van der Waals surface area (Å²) in [6, 6.07) is 6.22. The molecule has 0 spiro atoms. The van der Waals surface area contributed by atoms with Gasteiger partial charge in [-0.05, 0) is 24.6 Å². The molecule has 1 aromatic heterocycles. The Labute approximate surface area is 149 Å². The Hall–Kier alpha value is -3.20. The summed E-state index contributed by atoms with van der Waals surface area (Å²) in [6.45, 7) is 1.27. The number of ether oxygens (including phenoxy) is 1. The first kappa shape index (κ1) is 19.1. The van der Waals surface area contributed by atoms with Crippen LogP contribution in [0.3, 0.4) is 0 Å². The van der Waals surface area contributed by atoms with Crippen molar-refractivity contribution in [1.82, 2.24) is 10.3 Å². The lowest BCUT2D eigenvalue weighted by Crippen LogP contribution is -2.31. The number of aliphatic hydroxyl groups is 1. The molecule has 0 aliphatic rings. The molecule has 26 heavy (non-hydrogen) atoms. The number of urea groups is 1. The van der Waals surface area contributed by atoms with E-state index in [1.54, 1.807) is 19.1 Å². The molecule has 9 heteroatoms. The molecule has 0 radical (unpaired) electrons. The number of hydrogen-bond donors (Lipinski definition) is 5. The summed E-state index contributed by atoms with van der Waals surface area (Å²) in [5.41, 5.74) is 7.02. The summed E-state index contributed by atoms with van der Waals surface area (Å²) in [6.07, 6.45) is 0. The molecule has 0 aliphatic heterocycles. The van der Waals surface area contributed by atoms with Gasteiger partial charge in [-0.3, -0.25) is 10.7 Å². The zero-order valence-electron chi connectivity index (χ0n) is 14.3. The third kappa shape index (κ3) is 4.45. The number of anilines is 2. The number of nitrogens with one attached hydrogen (secondary N) is 3. The first-order chi connectivity index (χ1) is 12.3. The van der Waals surface area contributed by atoms with Gasteiger partial charge in [0.25, 0.3) is 0 Å². The van der Waals surface area contributed by atoms with E-state index in [0.717, 1.165) is 5.56 Å². The summed E-state index contributed by atoms with van der Waals surface area (Å²) in [7, 11) is 1.30. The van der Waals surface area contributed by atoms with Gasteiger partial charge in [-0.1, -0.05) is 12.1 Å². The highest BCUT2D eigenvalue weighted by Gasteiger charge is 2.17. The minimum Gasteiger partial charge on any atom is -0.481 e. The van der Waals surface area contributed by atoms with Gasteiger partial charge in [-0.15, -0.1) is 0 Å². The molecule has 1 aromatic carbocycles. The van der Waals surface area contributed by atoms with Crippen LogP contribution in [-0.4, -0.2) is 29.1 Å². The Bertz CT molecular complexity index is 811. The van der Waals surface area contributed by atoms with Gasteiger partial charge in [-0.2, -0.15) is 0 Å². The molecule has 0 saturated carbocycles. The number of nitrogens with two attached hydrogens (primary N) is 1. The minimum absolute atomic E-state index is 0.110. The molecule has 0 aliphatic carbocycles. The van der Waals surface area contributed by atoms with Gasteiger partial charge >= 0.3 is 6.03 Å². The highest BCUT2D eigenvalue weighted by atomic mass is 19.1. The van der Waals surface area contributed by atoms with Gasteiger partial charge in [0.2, 0.25) is 5.90 Å². The monoisotopic (exact) mass is 361 g/mol. The number of carbonyl (C=O) groups excluding carboxylic acids is 1. The van der Waals surface area contributed by atoms with Crippen LogP contribution in [0.4, 0.5) is 20.7 Å². The largest absolute Gasteiger partial charge is 0.481 e. The van der Waals surface area contributed by atoms with Crippen LogP contribution in [0, 0.1) is 11.2 Å². The first-order valence-corrected chi connectivity index (χ1v) is 7.71. The average Bonchev–Trinajstić information content (AvgIpc) is 2.60. The maximum Gasteiger partial charge on any atom is 0.320 e. The van der Waals surface area contributed by atoms with Crippen molar-refractivity contribution in [3.8, 4) is 0 Å². The third-order valence-corrected chi connectivity index (χ3v) is 3.67. The summed E-state index contributed by atoms with van der Waals surface area (Å²) < 4.78 is 17.8. The smallest absolute Gasteiger partial charge is 0.320 e. The van der Waals surface area contributed by atoms with E-state index in [1.807, 2.05) is 0 Å². The Morgan fingerprint density at radius 1 is 1.42 bits per heavy atom. The molecule has 2 amide bonds. The zero-order chi connectivity index (χ0) is 19.3. The van der Waals surface area contributed by atoms with Crippen molar-refractivity contribution >= 4 is 23.4 Å². The summed E-state index contributed by atoms with van der Waals surface area (Å²) in [4.78, 5) is 16.2. The van der Waals surface area contributed by atoms with Crippen LogP contribution in [0.15, 0.2) is 30.3 Å². The Morgan fingerprint density at radius 3 is 2.65 bits per heavy atom. The molecular formula is C17H20FN5O3. The topological polar surface area (TPSA) is 133 Å². The van der Waals surface area contributed by atoms with E-state index in [-0.39, 0.29) is 40.5 Å². The number of nitrogen functional groups attached to an aromatic ring is 1. The lowest BCUT2D eigenvalue weighted by molar-refractivity contribution is 0.249. The maximum absolute atomic E-state index is 13.0. The fraction of sp³-hybridized carbons (Fsp3) is 0.235. The molecule has 1 atom stereocenters. The molecule has 8 nitrogen and oxygen atoms in total. The van der Waals surface area contributed by atoms with Crippen LogP contribution in [0.2, 0.25) is 0 Å². The quantitative estimate of drug-likeness (QED) is 0.411. The minimum atomic E-state index is -0.549. The molecule has 0 unspecified atom stereocenters. The first-order valence-electron chi connectivity index (χ1n) is 7.71. The number of carbonyl (C=O) groups is 1. The van der Waals surface area contributed by atoms with Crippen molar-refractivity contribution in [2.45, 2.75) is 19.6 Å². The number of hydrogen-bond acceptors (Lipinski definition) is 6. The average molecular weight is 361 g/mol. The van der Waals surface area contributed by atoms with E-state index in [4.69, 9.17) is 15.9 Å². The number of methoxy groups -OCH3 is 1. The van der Waals surface area contributed by atoms with Crippen LogP contribution < -0.4 is 16.4 Å². The standard InChI is InChI=1S/C17H20FN5O3/c1-9(10-3-5-11(18)6-4-10)21-17(25)23-14-7-12(19)15(16(20)26-2)13(8-24)22-14/h3-7,9,20,24H,8H2,1-2H3,(H4,19,21,22,23,25)/t9-/m1/s1. The van der Waals surface area contributed by atoms with E-state index in [0.29, 0.717) is 0 Å². The maximum atomic E-state index is 13.0. The Balaban J connectivity index is 2.12. The lowest BCUT2D eigenvalue weighted by Gasteiger charge is -2.16.